The molecule has 1 aliphatic rings. The molecule has 5 heteroatoms. The zero-order valence-corrected chi connectivity index (χ0v) is 13.4. The lowest BCUT2D eigenvalue weighted by atomic mass is 9.86. The van der Waals surface area contributed by atoms with Gasteiger partial charge in [0.25, 0.3) is 0 Å². The van der Waals surface area contributed by atoms with E-state index in [9.17, 15) is 4.79 Å². The second-order valence-corrected chi connectivity index (χ2v) is 6.09. The van der Waals surface area contributed by atoms with Gasteiger partial charge in [-0.05, 0) is 24.1 Å². The van der Waals surface area contributed by atoms with E-state index in [1.165, 1.54) is 5.56 Å². The number of pyridine rings is 1. The maximum absolute atomic E-state index is 12.2. The Labute approximate surface area is 140 Å². The minimum atomic E-state index is 0.0407. The first-order valence-electron chi connectivity index (χ1n) is 8.04. The van der Waals surface area contributed by atoms with Crippen molar-refractivity contribution in [2.45, 2.75) is 18.8 Å². The molecule has 3 aromatic rings. The highest BCUT2D eigenvalue weighted by Crippen LogP contribution is 2.40. The Bertz CT molecular complexity index is 871. The number of aromatic nitrogens is 3. The molecule has 1 aliphatic heterocycles. The second kappa shape index (κ2) is 5.92. The molecule has 1 N–H and O–H groups in total. The molecule has 3 heterocycles. The quantitative estimate of drug-likeness (QED) is 0.807. The van der Waals surface area contributed by atoms with Crippen LogP contribution in [0.2, 0.25) is 0 Å². The van der Waals surface area contributed by atoms with Gasteiger partial charge in [0.2, 0.25) is 5.91 Å². The van der Waals surface area contributed by atoms with E-state index in [0.29, 0.717) is 6.42 Å². The third kappa shape index (κ3) is 2.58. The van der Waals surface area contributed by atoms with Crippen LogP contribution in [0, 0.1) is 0 Å². The number of carbonyl (C=O) groups is 1. The van der Waals surface area contributed by atoms with Crippen molar-refractivity contribution in [3.63, 3.8) is 0 Å². The zero-order valence-electron chi connectivity index (χ0n) is 13.4. The molecule has 1 atom stereocenters. The molecule has 0 spiro atoms. The van der Waals surface area contributed by atoms with E-state index in [4.69, 9.17) is 0 Å². The van der Waals surface area contributed by atoms with Gasteiger partial charge in [-0.3, -0.25) is 14.5 Å². The molecule has 0 radical (unpaired) electrons. The molecule has 5 nitrogen and oxygen atoms in total. The molecule has 1 amide bonds. The number of nitrogens with one attached hydrogen (secondary N) is 1. The number of hydrogen-bond donors (Lipinski definition) is 1. The van der Waals surface area contributed by atoms with Crippen LogP contribution in [0.3, 0.4) is 0 Å². The fourth-order valence-electron chi connectivity index (χ4n) is 3.35. The highest BCUT2D eigenvalue weighted by molar-refractivity contribution is 5.95. The molecular weight excluding hydrogens is 300 g/mol. The molecule has 0 saturated heterocycles. The van der Waals surface area contributed by atoms with Gasteiger partial charge in [-0.15, -0.1) is 0 Å². The number of carbonyl (C=O) groups excluding carboxylic acids is 1. The minimum absolute atomic E-state index is 0.0407. The van der Waals surface area contributed by atoms with Gasteiger partial charge < -0.3 is 5.32 Å². The largest absolute Gasteiger partial charge is 0.311 e. The molecule has 24 heavy (non-hydrogen) atoms. The van der Waals surface area contributed by atoms with Crippen molar-refractivity contribution in [3.05, 3.63) is 65.9 Å². The van der Waals surface area contributed by atoms with E-state index in [0.717, 1.165) is 29.2 Å². The van der Waals surface area contributed by atoms with E-state index in [1.54, 1.807) is 10.9 Å². The first-order valence-corrected chi connectivity index (χ1v) is 8.04. The van der Waals surface area contributed by atoms with Crippen LogP contribution in [-0.4, -0.2) is 20.7 Å². The predicted octanol–water partition coefficient (Wildman–Crippen LogP) is 3.15. The van der Waals surface area contributed by atoms with Crippen LogP contribution in [0.1, 0.15) is 23.5 Å². The molecule has 1 unspecified atom stereocenters. The molecule has 0 aliphatic carbocycles. The molecular formula is C19H18N4O. The van der Waals surface area contributed by atoms with Gasteiger partial charge >= 0.3 is 0 Å². The molecule has 120 valence electrons. The average Bonchev–Trinajstić information content (AvgIpc) is 2.94. The standard InChI is InChI=1S/C19H18N4O/c1-23-19-17(18(22-23)15-9-5-6-10-20-15)14(12-16(24)21-19)11-13-7-3-2-4-8-13/h2-10,14H,11-12H2,1H3,(H,21,24). The van der Waals surface area contributed by atoms with Gasteiger partial charge in [0, 0.05) is 31.1 Å². The number of anilines is 1. The lowest BCUT2D eigenvalue weighted by Crippen LogP contribution is -2.25. The van der Waals surface area contributed by atoms with Gasteiger partial charge in [0.1, 0.15) is 11.5 Å². The summed E-state index contributed by atoms with van der Waals surface area (Å²) in [5.41, 5.74) is 4.00. The van der Waals surface area contributed by atoms with Crippen LogP contribution in [0.5, 0.6) is 0 Å². The van der Waals surface area contributed by atoms with Crippen molar-refractivity contribution in [2.24, 2.45) is 7.05 Å². The van der Waals surface area contributed by atoms with E-state index >= 15 is 0 Å². The van der Waals surface area contributed by atoms with Gasteiger partial charge in [-0.25, -0.2) is 0 Å². The Morgan fingerprint density at radius 2 is 1.96 bits per heavy atom. The van der Waals surface area contributed by atoms with Gasteiger partial charge in [0.05, 0.1) is 5.69 Å². The maximum atomic E-state index is 12.2. The highest BCUT2D eigenvalue weighted by atomic mass is 16.1. The lowest BCUT2D eigenvalue weighted by molar-refractivity contribution is -0.116. The Balaban J connectivity index is 1.81. The number of rotatable bonds is 3. The third-order valence-electron chi connectivity index (χ3n) is 4.41. The molecule has 0 bridgehead atoms. The number of aryl methyl sites for hydroxylation is 1. The average molecular weight is 318 g/mol. The first-order chi connectivity index (χ1) is 11.7. The van der Waals surface area contributed by atoms with E-state index in [-0.39, 0.29) is 11.8 Å². The van der Waals surface area contributed by atoms with Crippen molar-refractivity contribution in [2.75, 3.05) is 5.32 Å². The van der Waals surface area contributed by atoms with E-state index in [1.807, 2.05) is 43.4 Å². The lowest BCUT2D eigenvalue weighted by Gasteiger charge is -2.24. The Kier molecular flexibility index (Phi) is 3.61. The summed E-state index contributed by atoms with van der Waals surface area (Å²) in [6.07, 6.45) is 3.05. The number of amides is 1. The Morgan fingerprint density at radius 1 is 1.17 bits per heavy atom. The van der Waals surface area contributed by atoms with Gasteiger partial charge in [0.15, 0.2) is 0 Å². The van der Waals surface area contributed by atoms with Crippen molar-refractivity contribution in [1.82, 2.24) is 14.8 Å². The summed E-state index contributed by atoms with van der Waals surface area (Å²) in [6, 6.07) is 16.1. The molecule has 1 aromatic carbocycles. The van der Waals surface area contributed by atoms with Crippen LogP contribution in [0.25, 0.3) is 11.4 Å². The van der Waals surface area contributed by atoms with Crippen LogP contribution in [0.15, 0.2) is 54.7 Å². The van der Waals surface area contributed by atoms with Crippen LogP contribution in [0.4, 0.5) is 5.82 Å². The smallest absolute Gasteiger partial charge is 0.226 e. The summed E-state index contributed by atoms with van der Waals surface area (Å²) < 4.78 is 1.74. The monoisotopic (exact) mass is 318 g/mol. The second-order valence-electron chi connectivity index (χ2n) is 6.09. The summed E-state index contributed by atoms with van der Waals surface area (Å²) in [5.74, 6) is 0.925. The Hall–Kier alpha value is -2.95. The van der Waals surface area contributed by atoms with Gasteiger partial charge in [-0.2, -0.15) is 5.10 Å². The molecule has 0 saturated carbocycles. The van der Waals surface area contributed by atoms with Crippen molar-refractivity contribution in [1.29, 1.82) is 0 Å². The zero-order chi connectivity index (χ0) is 16.5. The summed E-state index contributed by atoms with van der Waals surface area (Å²) in [6.45, 7) is 0. The Morgan fingerprint density at radius 3 is 2.71 bits per heavy atom. The predicted molar refractivity (Wildman–Crippen MR) is 92.6 cm³/mol. The molecule has 2 aromatic heterocycles. The normalized spacial score (nSPS) is 16.5. The SMILES string of the molecule is Cn1nc(-c2ccccn2)c2c1NC(=O)CC2Cc1ccccc1. The summed E-state index contributed by atoms with van der Waals surface area (Å²) >= 11 is 0. The maximum Gasteiger partial charge on any atom is 0.226 e. The summed E-state index contributed by atoms with van der Waals surface area (Å²) in [7, 11) is 1.86. The fraction of sp³-hybridized carbons (Fsp3) is 0.211. The number of benzene rings is 1. The minimum Gasteiger partial charge on any atom is -0.311 e. The summed E-state index contributed by atoms with van der Waals surface area (Å²) in [5, 5.41) is 7.60. The summed E-state index contributed by atoms with van der Waals surface area (Å²) in [4.78, 5) is 16.6. The third-order valence-corrected chi connectivity index (χ3v) is 4.41. The van der Waals surface area contributed by atoms with Crippen molar-refractivity contribution in [3.8, 4) is 11.4 Å². The van der Waals surface area contributed by atoms with Crippen molar-refractivity contribution >= 4 is 11.7 Å². The van der Waals surface area contributed by atoms with Crippen LogP contribution in [-0.2, 0) is 18.3 Å². The number of hydrogen-bond acceptors (Lipinski definition) is 3. The molecule has 4 rings (SSSR count). The highest BCUT2D eigenvalue weighted by Gasteiger charge is 2.32. The van der Waals surface area contributed by atoms with Crippen LogP contribution >= 0.6 is 0 Å². The number of fused-ring (bicyclic) bond motifs is 1. The van der Waals surface area contributed by atoms with E-state index in [2.05, 4.69) is 27.5 Å². The van der Waals surface area contributed by atoms with Gasteiger partial charge in [-0.1, -0.05) is 36.4 Å². The van der Waals surface area contributed by atoms with Crippen LogP contribution < -0.4 is 5.32 Å². The fourth-order valence-corrected chi connectivity index (χ4v) is 3.35. The van der Waals surface area contributed by atoms with Crippen molar-refractivity contribution < 1.29 is 4.79 Å². The first kappa shape index (κ1) is 14.6. The van der Waals surface area contributed by atoms with E-state index < -0.39 is 0 Å². The number of nitrogens with zero attached hydrogens (tertiary/aromatic N) is 3. The topological polar surface area (TPSA) is 59.8 Å². The molecule has 0 fully saturated rings.